The molecule has 14 nitrogen and oxygen atoms in total. The Morgan fingerprint density at radius 2 is 1.53 bits per heavy atom. The first-order chi connectivity index (χ1) is 26.8. The lowest BCUT2D eigenvalue weighted by Crippen LogP contribution is -2.61. The van der Waals surface area contributed by atoms with Crippen LogP contribution in [0.5, 0.6) is 0 Å². The predicted octanol–water partition coefficient (Wildman–Crippen LogP) is 2.43. The molecule has 5 N–H and O–H groups in total. The fourth-order valence-corrected chi connectivity index (χ4v) is 8.34. The van der Waals surface area contributed by atoms with E-state index in [0.717, 1.165) is 11.1 Å². The van der Waals surface area contributed by atoms with Gasteiger partial charge in [0, 0.05) is 26.2 Å². The number of likely N-dealkylation sites (tertiary alicyclic amines) is 1. The Morgan fingerprint density at radius 1 is 0.912 bits per heavy atom. The minimum absolute atomic E-state index is 0.0188. The molecule has 2 aromatic rings. The van der Waals surface area contributed by atoms with Crippen LogP contribution in [0.4, 0.5) is 4.79 Å². The van der Waals surface area contributed by atoms with Crippen LogP contribution >= 0.6 is 0 Å². The Hall–Kier alpha value is -5.53. The van der Waals surface area contributed by atoms with Crippen LogP contribution in [-0.4, -0.2) is 102 Å². The second kappa shape index (κ2) is 17.3. The van der Waals surface area contributed by atoms with Crippen molar-refractivity contribution in [1.82, 2.24) is 36.4 Å². The lowest BCUT2D eigenvalue weighted by atomic mass is 9.93. The molecule has 14 heteroatoms. The normalized spacial score (nSPS) is 20.8. The number of urea groups is 1. The van der Waals surface area contributed by atoms with Crippen molar-refractivity contribution < 1.29 is 33.6 Å². The van der Waals surface area contributed by atoms with Crippen molar-refractivity contribution in [3.8, 4) is 0 Å². The molecule has 306 valence electrons. The molecule has 0 aromatic heterocycles. The van der Waals surface area contributed by atoms with E-state index in [1.54, 1.807) is 55.4 Å². The Kier molecular flexibility index (Phi) is 12.9. The number of rotatable bonds is 15. The molecule has 0 spiro atoms. The summed E-state index contributed by atoms with van der Waals surface area (Å²) in [6, 6.07) is 11.9. The number of fused-ring (bicyclic) bond motifs is 2. The number of benzene rings is 2. The Balaban J connectivity index is 1.30. The number of hydrogen-bond donors (Lipinski definition) is 5. The molecule has 0 radical (unpaired) electrons. The Morgan fingerprint density at radius 3 is 2.11 bits per heavy atom. The number of carbonyl (C=O) groups is 7. The highest BCUT2D eigenvalue weighted by Crippen LogP contribution is 2.65. The van der Waals surface area contributed by atoms with E-state index in [0.29, 0.717) is 24.9 Å². The Bertz CT molecular complexity index is 1860. The van der Waals surface area contributed by atoms with Crippen LogP contribution in [0.2, 0.25) is 0 Å². The molecule has 57 heavy (non-hydrogen) atoms. The van der Waals surface area contributed by atoms with Gasteiger partial charge in [-0.1, -0.05) is 74.5 Å². The van der Waals surface area contributed by atoms with E-state index in [4.69, 9.17) is 0 Å². The first kappa shape index (κ1) is 42.6. The van der Waals surface area contributed by atoms with Gasteiger partial charge >= 0.3 is 6.03 Å². The van der Waals surface area contributed by atoms with Crippen molar-refractivity contribution in [2.45, 2.75) is 90.0 Å². The molecule has 5 rings (SSSR count). The van der Waals surface area contributed by atoms with Crippen molar-refractivity contribution in [3.05, 3.63) is 83.9 Å². The zero-order chi connectivity index (χ0) is 41.8. The summed E-state index contributed by atoms with van der Waals surface area (Å²) in [6.07, 6.45) is 3.06. The average Bonchev–Trinajstić information content (AvgIpc) is 3.51. The summed E-state index contributed by atoms with van der Waals surface area (Å²) in [5, 5.41) is 13.6. The number of hydrogen-bond acceptors (Lipinski definition) is 7. The molecule has 6 atom stereocenters. The highest BCUT2D eigenvalue weighted by atomic mass is 16.2. The summed E-state index contributed by atoms with van der Waals surface area (Å²) in [6.45, 7) is 13.0. The molecule has 7 amide bonds. The van der Waals surface area contributed by atoms with E-state index in [-0.39, 0.29) is 47.8 Å². The summed E-state index contributed by atoms with van der Waals surface area (Å²) in [5.41, 5.74) is 1.94. The number of Topliss-reactive ketones (excluding diaryl/α,β-unsaturated/α-hetero) is 1. The van der Waals surface area contributed by atoms with Gasteiger partial charge in [0.1, 0.15) is 18.1 Å². The zero-order valence-electron chi connectivity index (χ0n) is 34.0. The smallest absolute Gasteiger partial charge is 0.315 e. The minimum Gasteiger partial charge on any atom is -0.347 e. The van der Waals surface area contributed by atoms with Gasteiger partial charge in [-0.05, 0) is 86.3 Å². The van der Waals surface area contributed by atoms with Crippen LogP contribution in [0.1, 0.15) is 70.2 Å². The summed E-state index contributed by atoms with van der Waals surface area (Å²) < 4.78 is 0. The van der Waals surface area contributed by atoms with Gasteiger partial charge in [0.15, 0.2) is 0 Å². The second-order valence-electron chi connectivity index (χ2n) is 17.3. The van der Waals surface area contributed by atoms with Crippen molar-refractivity contribution in [2.75, 3.05) is 27.2 Å². The third kappa shape index (κ3) is 9.89. The van der Waals surface area contributed by atoms with Crippen LogP contribution in [-0.2, 0) is 41.6 Å². The molecular formula is C43H57N7O7. The monoisotopic (exact) mass is 783 g/mol. The van der Waals surface area contributed by atoms with Crippen LogP contribution in [0.15, 0.2) is 67.3 Å². The fourth-order valence-electron chi connectivity index (χ4n) is 8.34. The van der Waals surface area contributed by atoms with E-state index < -0.39 is 65.8 Å². The largest absolute Gasteiger partial charge is 0.347 e. The molecule has 3 unspecified atom stereocenters. The maximum atomic E-state index is 14.7. The van der Waals surface area contributed by atoms with Crippen LogP contribution in [0.3, 0.4) is 0 Å². The highest BCUT2D eigenvalue weighted by molar-refractivity contribution is 6.38. The standard InChI is InChI=1S/C43H57N7O7/c1-9-10-20-30(36(52)38(54)44-23-31(51)46-33(39(55)49(7)8)25-16-12-11-13-17-25)45-37(53)35-32-29(43(32,5)6)24-50(35)40(56)34(47-41(57)48-42(2,3)4)28-21-26-18-14-15-19-27(26)22-28/h9,11-19,28-30,32-35H,1,10,20-24H2,2-8H3,(H,44,54)(H,45,53)(H,46,51)(H2,47,48,57)/t29?,30?,32?,33-,34-,35-/m0/s1. The van der Waals surface area contributed by atoms with Gasteiger partial charge < -0.3 is 36.4 Å². The number of piperidine rings is 1. The number of amides is 7. The number of likely N-dealkylation sites (N-methyl/N-ethyl adjacent to an activating group) is 1. The summed E-state index contributed by atoms with van der Waals surface area (Å²) in [4.78, 5) is 97.9. The lowest BCUT2D eigenvalue weighted by Gasteiger charge is -2.35. The molecule has 3 aliphatic rings. The maximum absolute atomic E-state index is 14.7. The van der Waals surface area contributed by atoms with Gasteiger partial charge in [0.2, 0.25) is 29.4 Å². The number of nitrogens with zero attached hydrogens (tertiary/aromatic N) is 2. The molecule has 2 fully saturated rings. The Labute approximate surface area is 334 Å². The van der Waals surface area contributed by atoms with Crippen molar-refractivity contribution >= 4 is 41.4 Å². The van der Waals surface area contributed by atoms with E-state index in [2.05, 4.69) is 33.2 Å². The van der Waals surface area contributed by atoms with E-state index in [1.807, 2.05) is 58.9 Å². The van der Waals surface area contributed by atoms with Gasteiger partial charge in [-0.2, -0.15) is 0 Å². The zero-order valence-corrected chi connectivity index (χ0v) is 34.0. The maximum Gasteiger partial charge on any atom is 0.315 e. The third-order valence-electron chi connectivity index (χ3n) is 11.4. The van der Waals surface area contributed by atoms with Gasteiger partial charge in [0.05, 0.1) is 12.6 Å². The lowest BCUT2D eigenvalue weighted by molar-refractivity contribution is -0.144. The number of ketones is 1. The molecule has 2 aliphatic carbocycles. The molecular weight excluding hydrogens is 727 g/mol. The number of allylic oxidation sites excluding steroid dienone is 1. The van der Waals surface area contributed by atoms with Gasteiger partial charge in [-0.3, -0.25) is 28.8 Å². The number of nitrogens with one attached hydrogen (secondary N) is 5. The molecule has 2 aromatic carbocycles. The van der Waals surface area contributed by atoms with E-state index >= 15 is 0 Å². The molecule has 1 saturated heterocycles. The number of carbonyl (C=O) groups excluding carboxylic acids is 7. The van der Waals surface area contributed by atoms with Gasteiger partial charge in [-0.25, -0.2) is 4.79 Å². The first-order valence-electron chi connectivity index (χ1n) is 19.6. The quantitative estimate of drug-likeness (QED) is 0.136. The van der Waals surface area contributed by atoms with Gasteiger partial charge in [-0.15, -0.1) is 6.58 Å². The average molecular weight is 784 g/mol. The van der Waals surface area contributed by atoms with Crippen molar-refractivity contribution in [1.29, 1.82) is 0 Å². The van der Waals surface area contributed by atoms with Crippen LogP contribution < -0.4 is 26.6 Å². The van der Waals surface area contributed by atoms with E-state index in [9.17, 15) is 33.6 Å². The summed E-state index contributed by atoms with van der Waals surface area (Å²) >= 11 is 0. The molecule has 1 heterocycles. The van der Waals surface area contributed by atoms with Crippen LogP contribution in [0, 0.1) is 23.2 Å². The first-order valence-corrected chi connectivity index (χ1v) is 19.6. The highest BCUT2D eigenvalue weighted by Gasteiger charge is 2.69. The predicted molar refractivity (Wildman–Crippen MR) is 214 cm³/mol. The third-order valence-corrected chi connectivity index (χ3v) is 11.4. The SMILES string of the molecule is C=CCCC(NC(=O)[C@@H]1C2C(CN1C(=O)[C@@H](NC(=O)NC(C)(C)C)C1Cc3ccccc3C1)C2(C)C)C(=O)C(=O)NCC(=O)N[C@H](C(=O)N(C)C)c1ccccc1. The second-order valence-corrected chi connectivity index (χ2v) is 17.3. The van der Waals surface area contributed by atoms with Crippen LogP contribution in [0.25, 0.3) is 0 Å². The summed E-state index contributed by atoms with van der Waals surface area (Å²) in [5.74, 6) is -4.52. The topological polar surface area (TPSA) is 186 Å². The molecule has 1 aliphatic heterocycles. The van der Waals surface area contributed by atoms with Crippen molar-refractivity contribution in [2.24, 2.45) is 23.2 Å². The molecule has 0 bridgehead atoms. The molecule has 1 saturated carbocycles. The van der Waals surface area contributed by atoms with E-state index in [1.165, 1.54) is 4.90 Å². The van der Waals surface area contributed by atoms with Gasteiger partial charge in [0.25, 0.3) is 5.91 Å². The summed E-state index contributed by atoms with van der Waals surface area (Å²) in [7, 11) is 3.12. The van der Waals surface area contributed by atoms with Crippen molar-refractivity contribution in [3.63, 3.8) is 0 Å². The minimum atomic E-state index is -1.28. The fraction of sp³-hybridized carbons (Fsp3) is 0.512.